The summed E-state index contributed by atoms with van der Waals surface area (Å²) in [7, 11) is 3.92. The lowest BCUT2D eigenvalue weighted by Gasteiger charge is -2.21. The first-order valence-electron chi connectivity index (χ1n) is 8.07. The Balaban J connectivity index is 1.97. The van der Waals surface area contributed by atoms with Gasteiger partial charge in [0.2, 0.25) is 0 Å². The van der Waals surface area contributed by atoms with E-state index >= 15 is 0 Å². The monoisotopic (exact) mass is 345 g/mol. The van der Waals surface area contributed by atoms with Crippen molar-refractivity contribution in [1.82, 2.24) is 5.32 Å². The fourth-order valence-corrected chi connectivity index (χ4v) is 2.64. The van der Waals surface area contributed by atoms with Gasteiger partial charge in [0.25, 0.3) is 0 Å². The molecule has 0 spiro atoms. The Labute approximate surface area is 147 Å². The molecular weight excluding hydrogens is 321 g/mol. The van der Waals surface area contributed by atoms with Crippen LogP contribution < -0.4 is 15.5 Å². The van der Waals surface area contributed by atoms with Gasteiger partial charge >= 0.3 is 6.03 Å². The second-order valence-electron chi connectivity index (χ2n) is 6.28. The van der Waals surface area contributed by atoms with Crippen LogP contribution >= 0.6 is 0 Å². The lowest BCUT2D eigenvalue weighted by molar-refractivity contribution is 0.139. The summed E-state index contributed by atoms with van der Waals surface area (Å²) in [5.41, 5.74) is 3.33. The van der Waals surface area contributed by atoms with Crippen LogP contribution in [0.1, 0.15) is 24.2 Å². The fraction of sp³-hybridized carbons (Fsp3) is 0.316. The first-order chi connectivity index (χ1) is 11.8. The highest BCUT2D eigenvalue weighted by atomic mass is 19.1. The number of hydrogen-bond acceptors (Lipinski definition) is 3. The lowest BCUT2D eigenvalue weighted by atomic mass is 10.0. The van der Waals surface area contributed by atoms with Crippen LogP contribution in [0.2, 0.25) is 0 Å². The molecule has 25 heavy (non-hydrogen) atoms. The molecule has 2 aromatic carbocycles. The predicted molar refractivity (Wildman–Crippen MR) is 98.5 cm³/mol. The van der Waals surface area contributed by atoms with Crippen molar-refractivity contribution in [2.24, 2.45) is 0 Å². The number of carbonyl (C=O) groups excluding carboxylic acids is 1. The van der Waals surface area contributed by atoms with E-state index in [1.165, 1.54) is 24.3 Å². The normalized spacial score (nSPS) is 13.0. The van der Waals surface area contributed by atoms with Gasteiger partial charge in [-0.1, -0.05) is 12.1 Å². The van der Waals surface area contributed by atoms with Gasteiger partial charge in [-0.2, -0.15) is 0 Å². The molecule has 0 aliphatic rings. The molecule has 0 saturated carbocycles. The van der Waals surface area contributed by atoms with Crippen molar-refractivity contribution >= 4 is 17.4 Å². The quantitative estimate of drug-likeness (QED) is 0.778. The van der Waals surface area contributed by atoms with Crippen LogP contribution in [-0.2, 0) is 0 Å². The number of anilines is 2. The largest absolute Gasteiger partial charge is 0.386 e. The van der Waals surface area contributed by atoms with Crippen molar-refractivity contribution < 1.29 is 14.3 Å². The third kappa shape index (κ3) is 4.93. The van der Waals surface area contributed by atoms with Crippen LogP contribution in [0.25, 0.3) is 0 Å². The summed E-state index contributed by atoms with van der Waals surface area (Å²) in [4.78, 5) is 14.1. The molecule has 0 saturated heterocycles. The van der Waals surface area contributed by atoms with E-state index in [1.54, 1.807) is 6.92 Å². The molecule has 0 fully saturated rings. The molecule has 2 unspecified atom stereocenters. The number of carbonyl (C=O) groups is 1. The Bertz CT molecular complexity index is 732. The van der Waals surface area contributed by atoms with E-state index in [9.17, 15) is 14.3 Å². The van der Waals surface area contributed by atoms with E-state index in [2.05, 4.69) is 10.6 Å². The molecule has 0 radical (unpaired) electrons. The molecule has 5 nitrogen and oxygen atoms in total. The third-order valence-corrected chi connectivity index (χ3v) is 3.98. The van der Waals surface area contributed by atoms with Crippen molar-refractivity contribution in [2.45, 2.75) is 26.0 Å². The van der Waals surface area contributed by atoms with Crippen LogP contribution in [0.15, 0.2) is 42.5 Å². The van der Waals surface area contributed by atoms with Gasteiger partial charge in [-0.15, -0.1) is 0 Å². The molecule has 2 amide bonds. The van der Waals surface area contributed by atoms with Crippen LogP contribution in [0.3, 0.4) is 0 Å². The number of urea groups is 1. The highest BCUT2D eigenvalue weighted by Crippen LogP contribution is 2.22. The average molecular weight is 345 g/mol. The maximum atomic E-state index is 13.0. The summed E-state index contributed by atoms with van der Waals surface area (Å²) >= 11 is 0. The first-order valence-corrected chi connectivity index (χ1v) is 8.07. The Morgan fingerprint density at radius 3 is 2.36 bits per heavy atom. The molecular formula is C19H24FN3O2. The fourth-order valence-electron chi connectivity index (χ4n) is 2.64. The van der Waals surface area contributed by atoms with Gasteiger partial charge in [-0.25, -0.2) is 9.18 Å². The topological polar surface area (TPSA) is 64.6 Å². The van der Waals surface area contributed by atoms with Gasteiger partial charge in [0.1, 0.15) is 5.82 Å². The number of aliphatic hydroxyl groups excluding tert-OH is 1. The van der Waals surface area contributed by atoms with Crippen molar-refractivity contribution in [3.8, 4) is 0 Å². The van der Waals surface area contributed by atoms with Crippen molar-refractivity contribution in [3.05, 3.63) is 59.4 Å². The summed E-state index contributed by atoms with van der Waals surface area (Å²) < 4.78 is 13.0. The summed E-state index contributed by atoms with van der Waals surface area (Å²) in [6, 6.07) is 10.2. The van der Waals surface area contributed by atoms with Gasteiger partial charge in [0.05, 0.1) is 12.1 Å². The van der Waals surface area contributed by atoms with Crippen LogP contribution in [-0.4, -0.2) is 31.3 Å². The van der Waals surface area contributed by atoms with Crippen LogP contribution in [0.5, 0.6) is 0 Å². The minimum absolute atomic E-state index is 0.370. The van der Waals surface area contributed by atoms with Gasteiger partial charge < -0.3 is 20.6 Å². The minimum atomic E-state index is -0.927. The highest BCUT2D eigenvalue weighted by Gasteiger charge is 2.18. The van der Waals surface area contributed by atoms with E-state index in [0.717, 1.165) is 11.3 Å². The minimum Gasteiger partial charge on any atom is -0.386 e. The molecule has 6 heteroatoms. The van der Waals surface area contributed by atoms with Crippen LogP contribution in [0.4, 0.5) is 20.6 Å². The number of hydrogen-bond donors (Lipinski definition) is 3. The SMILES string of the molecule is Cc1cc(NC(=O)NC(C)C(O)c2ccc(F)cc2)ccc1N(C)C. The average Bonchev–Trinajstić information content (AvgIpc) is 2.54. The van der Waals surface area contributed by atoms with Gasteiger partial charge in [-0.05, 0) is 55.3 Å². The smallest absolute Gasteiger partial charge is 0.319 e. The number of rotatable bonds is 5. The van der Waals surface area contributed by atoms with Gasteiger partial charge in [0, 0.05) is 25.5 Å². The Morgan fingerprint density at radius 2 is 1.80 bits per heavy atom. The molecule has 0 aromatic heterocycles. The summed E-state index contributed by atoms with van der Waals surface area (Å²) in [6.45, 7) is 3.66. The molecule has 2 rings (SSSR count). The molecule has 2 aromatic rings. The number of nitrogens with one attached hydrogen (secondary N) is 2. The van der Waals surface area contributed by atoms with Crippen LogP contribution in [0, 0.1) is 12.7 Å². The Morgan fingerprint density at radius 1 is 1.16 bits per heavy atom. The Hall–Kier alpha value is -2.60. The Kier molecular flexibility index (Phi) is 5.98. The number of halogens is 1. The summed E-state index contributed by atoms with van der Waals surface area (Å²) in [6.07, 6.45) is -0.927. The van der Waals surface area contributed by atoms with E-state index in [1.807, 2.05) is 44.1 Å². The first kappa shape index (κ1) is 18.7. The van der Waals surface area contributed by atoms with E-state index in [4.69, 9.17) is 0 Å². The lowest BCUT2D eigenvalue weighted by Crippen LogP contribution is -2.39. The van der Waals surface area contributed by atoms with Gasteiger partial charge in [0.15, 0.2) is 0 Å². The molecule has 3 N–H and O–H groups in total. The number of aliphatic hydroxyl groups is 1. The molecule has 0 heterocycles. The van der Waals surface area contributed by atoms with Crippen molar-refractivity contribution in [2.75, 3.05) is 24.3 Å². The third-order valence-electron chi connectivity index (χ3n) is 3.98. The maximum Gasteiger partial charge on any atom is 0.319 e. The summed E-state index contributed by atoms with van der Waals surface area (Å²) in [5, 5.41) is 15.7. The van der Waals surface area contributed by atoms with E-state index in [0.29, 0.717) is 11.3 Å². The summed E-state index contributed by atoms with van der Waals surface area (Å²) in [5.74, 6) is -0.370. The standard InChI is InChI=1S/C19H24FN3O2/c1-12-11-16(9-10-17(12)23(3)4)22-19(25)21-13(2)18(24)14-5-7-15(20)8-6-14/h5-11,13,18,24H,1-4H3,(H2,21,22,25). The number of amides is 2. The number of benzene rings is 2. The molecule has 0 aliphatic carbocycles. The predicted octanol–water partition coefficient (Wildman–Crippen LogP) is 3.44. The maximum absolute atomic E-state index is 13.0. The zero-order valence-electron chi connectivity index (χ0n) is 14.9. The van der Waals surface area contributed by atoms with E-state index in [-0.39, 0.29) is 5.82 Å². The number of aryl methyl sites for hydroxylation is 1. The molecule has 2 atom stereocenters. The zero-order chi connectivity index (χ0) is 18.6. The second kappa shape index (κ2) is 7.98. The van der Waals surface area contributed by atoms with Crippen molar-refractivity contribution in [1.29, 1.82) is 0 Å². The van der Waals surface area contributed by atoms with E-state index < -0.39 is 18.2 Å². The number of nitrogens with zero attached hydrogens (tertiary/aromatic N) is 1. The molecule has 134 valence electrons. The molecule has 0 bridgehead atoms. The van der Waals surface area contributed by atoms with Crippen molar-refractivity contribution in [3.63, 3.8) is 0 Å². The van der Waals surface area contributed by atoms with Gasteiger partial charge in [-0.3, -0.25) is 0 Å². The molecule has 0 aliphatic heterocycles. The zero-order valence-corrected chi connectivity index (χ0v) is 14.9. The second-order valence-corrected chi connectivity index (χ2v) is 6.28. The highest BCUT2D eigenvalue weighted by molar-refractivity contribution is 5.90.